The van der Waals surface area contributed by atoms with Crippen LogP contribution in [-0.4, -0.2) is 55.2 Å². The third kappa shape index (κ3) is 5.37. The van der Waals surface area contributed by atoms with Crippen LogP contribution >= 0.6 is 0 Å². The van der Waals surface area contributed by atoms with Gasteiger partial charge in [-0.25, -0.2) is 9.59 Å². The molecule has 2 aromatic rings. The lowest BCUT2D eigenvalue weighted by atomic mass is 10.1. The molecule has 0 unspecified atom stereocenters. The summed E-state index contributed by atoms with van der Waals surface area (Å²) < 4.78 is 15.3. The number of ether oxygens (including phenoxy) is 2. The molecule has 29 heavy (non-hydrogen) atoms. The third-order valence-corrected chi connectivity index (χ3v) is 4.66. The molecule has 3 rings (SSSR count). The molecule has 1 aliphatic heterocycles. The van der Waals surface area contributed by atoms with E-state index in [4.69, 9.17) is 13.9 Å². The zero-order valence-corrected chi connectivity index (χ0v) is 16.3. The Hall–Kier alpha value is -3.29. The highest BCUT2D eigenvalue weighted by molar-refractivity contribution is 5.95. The van der Waals surface area contributed by atoms with Crippen molar-refractivity contribution in [1.82, 2.24) is 10.2 Å². The van der Waals surface area contributed by atoms with Crippen LogP contribution in [0.5, 0.6) is 0 Å². The Kier molecular flexibility index (Phi) is 6.89. The first kappa shape index (κ1) is 20.4. The Labute approximate surface area is 168 Å². The van der Waals surface area contributed by atoms with Crippen molar-refractivity contribution in [3.63, 3.8) is 0 Å². The van der Waals surface area contributed by atoms with Crippen LogP contribution in [0, 0.1) is 0 Å². The number of nitrogens with zero attached hydrogens (tertiary/aromatic N) is 1. The van der Waals surface area contributed by atoms with Crippen LogP contribution in [0.4, 0.5) is 4.79 Å². The lowest BCUT2D eigenvalue weighted by Gasteiger charge is -2.31. The van der Waals surface area contributed by atoms with Crippen LogP contribution in [0.1, 0.15) is 30.3 Å². The lowest BCUT2D eigenvalue weighted by molar-refractivity contribution is -0.125. The number of rotatable bonds is 6. The van der Waals surface area contributed by atoms with E-state index in [2.05, 4.69) is 5.32 Å². The Morgan fingerprint density at radius 2 is 1.83 bits per heavy atom. The summed E-state index contributed by atoms with van der Waals surface area (Å²) in [5.74, 6) is -1.02. The molecule has 0 bridgehead atoms. The van der Waals surface area contributed by atoms with Gasteiger partial charge in [0.1, 0.15) is 0 Å². The minimum Gasteiger partial charge on any atom is -0.457 e. The average molecular weight is 400 g/mol. The molecule has 0 radical (unpaired) electrons. The second-order valence-electron chi connectivity index (χ2n) is 6.63. The molecule has 2 amide bonds. The van der Waals surface area contributed by atoms with Crippen LogP contribution in [0.15, 0.2) is 47.1 Å². The number of furan rings is 1. The van der Waals surface area contributed by atoms with Crippen molar-refractivity contribution >= 4 is 18.0 Å². The zero-order chi connectivity index (χ0) is 20.6. The van der Waals surface area contributed by atoms with Gasteiger partial charge in [-0.2, -0.15) is 0 Å². The fourth-order valence-corrected chi connectivity index (χ4v) is 3.20. The van der Waals surface area contributed by atoms with Crippen molar-refractivity contribution in [2.24, 2.45) is 0 Å². The largest absolute Gasteiger partial charge is 0.457 e. The standard InChI is InChI=1S/C21H24N2O6/c1-2-27-21(26)23-11-8-16(9-12-23)22-18(24)14-29-20(25)19-17(10-13-28-19)15-6-4-3-5-7-15/h3-7,10,13,16H,2,8-9,11-12,14H2,1H3,(H,22,24). The molecule has 1 fully saturated rings. The molecule has 1 N–H and O–H groups in total. The van der Waals surface area contributed by atoms with Gasteiger partial charge in [0, 0.05) is 24.7 Å². The van der Waals surface area contributed by atoms with Gasteiger partial charge in [-0.05, 0) is 31.4 Å². The molecule has 154 valence electrons. The van der Waals surface area contributed by atoms with Gasteiger partial charge < -0.3 is 24.1 Å². The van der Waals surface area contributed by atoms with E-state index in [1.807, 2.05) is 30.3 Å². The summed E-state index contributed by atoms with van der Waals surface area (Å²) in [5.41, 5.74) is 1.44. The normalized spacial score (nSPS) is 14.3. The number of amides is 2. The Morgan fingerprint density at radius 3 is 2.52 bits per heavy atom. The van der Waals surface area contributed by atoms with Gasteiger partial charge >= 0.3 is 12.1 Å². The molecule has 1 aromatic heterocycles. The summed E-state index contributed by atoms with van der Waals surface area (Å²) in [4.78, 5) is 37.8. The smallest absolute Gasteiger partial charge is 0.409 e. The number of nitrogens with one attached hydrogen (secondary N) is 1. The summed E-state index contributed by atoms with van der Waals surface area (Å²) in [5, 5.41) is 2.83. The maximum Gasteiger partial charge on any atom is 0.409 e. The number of piperidine rings is 1. The monoisotopic (exact) mass is 400 g/mol. The van der Waals surface area contributed by atoms with Crippen molar-refractivity contribution in [3.8, 4) is 11.1 Å². The Bertz CT molecular complexity index is 840. The van der Waals surface area contributed by atoms with Crippen LogP contribution in [0.3, 0.4) is 0 Å². The molecular formula is C21H24N2O6. The second-order valence-corrected chi connectivity index (χ2v) is 6.63. The number of benzene rings is 1. The Balaban J connectivity index is 1.45. The fraction of sp³-hybridized carbons (Fsp3) is 0.381. The number of carbonyl (C=O) groups excluding carboxylic acids is 3. The summed E-state index contributed by atoms with van der Waals surface area (Å²) in [7, 11) is 0. The van der Waals surface area contributed by atoms with Gasteiger partial charge in [0.2, 0.25) is 5.76 Å². The zero-order valence-electron chi connectivity index (χ0n) is 16.3. The SMILES string of the molecule is CCOC(=O)N1CCC(NC(=O)COC(=O)c2occc2-c2ccccc2)CC1. The third-order valence-electron chi connectivity index (χ3n) is 4.66. The number of esters is 1. The summed E-state index contributed by atoms with van der Waals surface area (Å²) in [6.07, 6.45) is 2.32. The molecular weight excluding hydrogens is 376 g/mol. The summed E-state index contributed by atoms with van der Waals surface area (Å²) >= 11 is 0. The van der Waals surface area contributed by atoms with Crippen LogP contribution in [0.25, 0.3) is 11.1 Å². The molecule has 0 atom stereocenters. The van der Waals surface area contributed by atoms with Gasteiger partial charge in [-0.15, -0.1) is 0 Å². The molecule has 0 aliphatic carbocycles. The minimum absolute atomic E-state index is 0.0618. The van der Waals surface area contributed by atoms with Crippen LogP contribution in [0.2, 0.25) is 0 Å². The lowest BCUT2D eigenvalue weighted by Crippen LogP contribution is -2.47. The number of likely N-dealkylation sites (tertiary alicyclic amines) is 1. The van der Waals surface area contributed by atoms with E-state index >= 15 is 0 Å². The molecule has 0 saturated carbocycles. The topological polar surface area (TPSA) is 98.1 Å². The molecule has 2 heterocycles. The molecule has 8 nitrogen and oxygen atoms in total. The van der Waals surface area contributed by atoms with E-state index < -0.39 is 12.6 Å². The quantitative estimate of drug-likeness (QED) is 0.749. The van der Waals surface area contributed by atoms with E-state index in [1.54, 1.807) is 17.9 Å². The average Bonchev–Trinajstić information content (AvgIpc) is 3.23. The predicted octanol–water partition coefficient (Wildman–Crippen LogP) is 2.84. The highest BCUT2D eigenvalue weighted by Gasteiger charge is 2.25. The van der Waals surface area contributed by atoms with E-state index in [-0.39, 0.29) is 23.8 Å². The summed E-state index contributed by atoms with van der Waals surface area (Å²) in [6, 6.07) is 10.9. The van der Waals surface area contributed by atoms with Crippen molar-refractivity contribution in [1.29, 1.82) is 0 Å². The van der Waals surface area contributed by atoms with E-state index in [0.717, 1.165) is 5.56 Å². The predicted molar refractivity (Wildman–Crippen MR) is 104 cm³/mol. The Morgan fingerprint density at radius 1 is 1.10 bits per heavy atom. The first-order chi connectivity index (χ1) is 14.1. The van der Waals surface area contributed by atoms with Crippen molar-refractivity contribution in [2.75, 3.05) is 26.3 Å². The van der Waals surface area contributed by atoms with E-state index in [9.17, 15) is 14.4 Å². The minimum atomic E-state index is -0.693. The first-order valence-electron chi connectivity index (χ1n) is 9.59. The maximum atomic E-state index is 12.3. The highest BCUT2D eigenvalue weighted by atomic mass is 16.6. The highest BCUT2D eigenvalue weighted by Crippen LogP contribution is 2.25. The molecule has 1 aliphatic rings. The maximum absolute atomic E-state index is 12.3. The second kappa shape index (κ2) is 9.77. The van der Waals surface area contributed by atoms with Gasteiger partial charge in [0.15, 0.2) is 6.61 Å². The van der Waals surface area contributed by atoms with Crippen LogP contribution < -0.4 is 5.32 Å². The van der Waals surface area contributed by atoms with Crippen molar-refractivity contribution in [2.45, 2.75) is 25.8 Å². The number of hydrogen-bond donors (Lipinski definition) is 1. The number of hydrogen-bond acceptors (Lipinski definition) is 6. The first-order valence-corrected chi connectivity index (χ1v) is 9.59. The molecule has 8 heteroatoms. The summed E-state index contributed by atoms with van der Waals surface area (Å²) in [6.45, 7) is 2.72. The van der Waals surface area contributed by atoms with Crippen molar-refractivity contribution in [3.05, 3.63) is 48.4 Å². The fourth-order valence-electron chi connectivity index (χ4n) is 3.20. The molecule has 0 spiro atoms. The molecule has 1 saturated heterocycles. The van der Waals surface area contributed by atoms with Gasteiger partial charge in [-0.1, -0.05) is 30.3 Å². The van der Waals surface area contributed by atoms with E-state index in [0.29, 0.717) is 38.1 Å². The van der Waals surface area contributed by atoms with Gasteiger partial charge in [0.25, 0.3) is 5.91 Å². The van der Waals surface area contributed by atoms with Crippen LogP contribution in [-0.2, 0) is 14.3 Å². The van der Waals surface area contributed by atoms with Gasteiger partial charge in [0.05, 0.1) is 12.9 Å². The van der Waals surface area contributed by atoms with Crippen molar-refractivity contribution < 1.29 is 28.3 Å². The van der Waals surface area contributed by atoms with E-state index in [1.165, 1.54) is 6.26 Å². The number of carbonyl (C=O) groups is 3. The van der Waals surface area contributed by atoms with Gasteiger partial charge in [-0.3, -0.25) is 4.79 Å². The molecule has 1 aromatic carbocycles.